The molecule has 1 heterocycles. The van der Waals surface area contributed by atoms with Crippen molar-refractivity contribution in [3.05, 3.63) is 46.8 Å². The summed E-state index contributed by atoms with van der Waals surface area (Å²) >= 11 is 0. The zero-order chi connectivity index (χ0) is 13.8. The first-order valence-electron chi connectivity index (χ1n) is 7.19. The molecular weight excluding hydrogens is 252 g/mol. The smallest absolute Gasteiger partial charge is 0.174 e. The number of nitrogens with zero attached hydrogens (tertiary/aromatic N) is 1. The molecule has 0 saturated heterocycles. The molecule has 0 atom stereocenters. The van der Waals surface area contributed by atoms with Gasteiger partial charge < -0.3 is 14.6 Å². The van der Waals surface area contributed by atoms with Crippen LogP contribution in [0.4, 0.5) is 0 Å². The van der Waals surface area contributed by atoms with Gasteiger partial charge in [0.2, 0.25) is 0 Å². The van der Waals surface area contributed by atoms with E-state index in [0.29, 0.717) is 13.2 Å². The Kier molecular flexibility index (Phi) is 4.02. The maximum atomic E-state index is 5.80. The molecule has 0 amide bonds. The average Bonchev–Trinajstić information content (AvgIpc) is 2.93. The van der Waals surface area contributed by atoms with Crippen LogP contribution in [0.5, 0.6) is 5.75 Å². The first kappa shape index (κ1) is 13.2. The highest BCUT2D eigenvalue weighted by molar-refractivity contribution is 5.37. The molecule has 0 bridgehead atoms. The van der Waals surface area contributed by atoms with E-state index >= 15 is 0 Å². The van der Waals surface area contributed by atoms with Crippen molar-refractivity contribution in [2.45, 2.75) is 38.8 Å². The molecule has 4 nitrogen and oxygen atoms in total. The number of hydrogen-bond donors (Lipinski definition) is 1. The molecule has 2 aromatic rings. The van der Waals surface area contributed by atoms with Crippen molar-refractivity contribution in [3.63, 3.8) is 0 Å². The third-order valence-electron chi connectivity index (χ3n) is 3.67. The van der Waals surface area contributed by atoms with Crippen LogP contribution in [0.15, 0.2) is 28.8 Å². The van der Waals surface area contributed by atoms with Crippen LogP contribution in [0.2, 0.25) is 0 Å². The van der Waals surface area contributed by atoms with Crippen LogP contribution in [-0.2, 0) is 26.0 Å². The summed E-state index contributed by atoms with van der Waals surface area (Å²) < 4.78 is 11.0. The van der Waals surface area contributed by atoms with Crippen LogP contribution in [0, 0.1) is 0 Å². The number of nitrogens with one attached hydrogen (secondary N) is 1. The van der Waals surface area contributed by atoms with Gasteiger partial charge in [0.25, 0.3) is 0 Å². The van der Waals surface area contributed by atoms with Gasteiger partial charge in [0.15, 0.2) is 5.76 Å². The fraction of sp³-hybridized carbons (Fsp3) is 0.438. The molecule has 1 aliphatic rings. The van der Waals surface area contributed by atoms with E-state index in [0.717, 1.165) is 17.2 Å². The van der Waals surface area contributed by atoms with E-state index in [4.69, 9.17) is 9.26 Å². The zero-order valence-corrected chi connectivity index (χ0v) is 11.8. The quantitative estimate of drug-likeness (QED) is 0.909. The second kappa shape index (κ2) is 6.09. The Hall–Kier alpha value is -1.81. The highest BCUT2D eigenvalue weighted by Crippen LogP contribution is 2.25. The summed E-state index contributed by atoms with van der Waals surface area (Å²) in [7, 11) is 1.89. The van der Waals surface area contributed by atoms with Crippen molar-refractivity contribution in [2.75, 3.05) is 7.05 Å². The predicted molar refractivity (Wildman–Crippen MR) is 76.7 cm³/mol. The monoisotopic (exact) mass is 272 g/mol. The molecule has 0 spiro atoms. The summed E-state index contributed by atoms with van der Waals surface area (Å²) in [5, 5.41) is 7.01. The van der Waals surface area contributed by atoms with Crippen molar-refractivity contribution in [1.29, 1.82) is 0 Å². The first-order chi connectivity index (χ1) is 9.85. The molecule has 1 aromatic carbocycles. The molecule has 1 N–H and O–H groups in total. The van der Waals surface area contributed by atoms with Crippen LogP contribution >= 0.6 is 0 Å². The lowest BCUT2D eigenvalue weighted by Crippen LogP contribution is -2.04. The average molecular weight is 272 g/mol. The Morgan fingerprint density at radius 3 is 2.90 bits per heavy atom. The van der Waals surface area contributed by atoms with Gasteiger partial charge in [-0.15, -0.1) is 0 Å². The molecule has 106 valence electrons. The van der Waals surface area contributed by atoms with Crippen LogP contribution < -0.4 is 10.1 Å². The number of hydrogen-bond acceptors (Lipinski definition) is 4. The minimum absolute atomic E-state index is 0.426. The topological polar surface area (TPSA) is 47.3 Å². The lowest BCUT2D eigenvalue weighted by Gasteiger charge is -2.16. The lowest BCUT2D eigenvalue weighted by atomic mass is 9.92. The number of aromatic nitrogens is 1. The van der Waals surface area contributed by atoms with E-state index in [1.807, 2.05) is 13.1 Å². The Bertz CT molecular complexity index is 578. The van der Waals surface area contributed by atoms with Gasteiger partial charge in [-0.05, 0) is 56.0 Å². The van der Waals surface area contributed by atoms with Gasteiger partial charge in [-0.1, -0.05) is 11.2 Å². The largest absolute Gasteiger partial charge is 0.486 e. The van der Waals surface area contributed by atoms with Crippen molar-refractivity contribution >= 4 is 0 Å². The highest BCUT2D eigenvalue weighted by Gasteiger charge is 2.10. The Balaban J connectivity index is 1.62. The van der Waals surface area contributed by atoms with E-state index in [-0.39, 0.29) is 0 Å². The van der Waals surface area contributed by atoms with Gasteiger partial charge in [0.1, 0.15) is 12.4 Å². The van der Waals surface area contributed by atoms with Gasteiger partial charge >= 0.3 is 0 Å². The Morgan fingerprint density at radius 2 is 2.05 bits per heavy atom. The van der Waals surface area contributed by atoms with Crippen molar-refractivity contribution < 1.29 is 9.26 Å². The second-order valence-electron chi connectivity index (χ2n) is 5.24. The number of fused-ring (bicyclic) bond motifs is 1. The fourth-order valence-corrected chi connectivity index (χ4v) is 2.64. The lowest BCUT2D eigenvalue weighted by molar-refractivity contribution is 0.248. The molecule has 0 saturated carbocycles. The third-order valence-corrected chi connectivity index (χ3v) is 3.67. The summed E-state index contributed by atoms with van der Waals surface area (Å²) in [4.78, 5) is 0. The summed E-state index contributed by atoms with van der Waals surface area (Å²) in [6.07, 6.45) is 4.96. The molecule has 20 heavy (non-hydrogen) atoms. The molecule has 1 aliphatic carbocycles. The third kappa shape index (κ3) is 3.02. The van der Waals surface area contributed by atoms with Crippen LogP contribution in [-0.4, -0.2) is 12.2 Å². The molecule has 4 heteroatoms. The predicted octanol–water partition coefficient (Wildman–Crippen LogP) is 2.85. The molecule has 3 rings (SSSR count). The number of ether oxygens (including phenoxy) is 1. The number of rotatable bonds is 5. The Morgan fingerprint density at radius 1 is 1.20 bits per heavy atom. The summed E-state index contributed by atoms with van der Waals surface area (Å²) in [5.41, 5.74) is 3.80. The Labute approximate surface area is 119 Å². The normalized spacial score (nSPS) is 14.1. The van der Waals surface area contributed by atoms with Crippen LogP contribution in [0.25, 0.3) is 0 Å². The van der Waals surface area contributed by atoms with Gasteiger partial charge in [-0.3, -0.25) is 0 Å². The standard InChI is InChI=1S/C16H20N2O2/c1-17-10-14-9-16(20-18-14)11-19-15-7-6-12-4-2-3-5-13(12)8-15/h6-9,17H,2-5,10-11H2,1H3. The fourth-order valence-electron chi connectivity index (χ4n) is 2.64. The van der Waals surface area contributed by atoms with Gasteiger partial charge in [0, 0.05) is 12.6 Å². The number of benzene rings is 1. The van der Waals surface area contributed by atoms with E-state index in [1.54, 1.807) is 0 Å². The minimum Gasteiger partial charge on any atom is -0.486 e. The maximum Gasteiger partial charge on any atom is 0.174 e. The molecule has 0 unspecified atom stereocenters. The van der Waals surface area contributed by atoms with Gasteiger partial charge in [0.05, 0.1) is 5.69 Å². The first-order valence-corrected chi connectivity index (χ1v) is 7.19. The highest BCUT2D eigenvalue weighted by atomic mass is 16.5. The van der Waals surface area contributed by atoms with Crippen LogP contribution in [0.3, 0.4) is 0 Å². The molecule has 0 fully saturated rings. The van der Waals surface area contributed by atoms with Crippen molar-refractivity contribution in [1.82, 2.24) is 10.5 Å². The molecule has 0 radical (unpaired) electrons. The molecule has 0 aliphatic heterocycles. The summed E-state index contributed by atoms with van der Waals surface area (Å²) in [6.45, 7) is 1.14. The molecular formula is C16H20N2O2. The SMILES string of the molecule is CNCc1cc(COc2ccc3c(c2)CCCC3)on1. The van der Waals surface area contributed by atoms with E-state index in [1.165, 1.54) is 36.8 Å². The minimum atomic E-state index is 0.426. The van der Waals surface area contributed by atoms with Crippen molar-refractivity contribution in [3.8, 4) is 5.75 Å². The second-order valence-corrected chi connectivity index (χ2v) is 5.24. The van der Waals surface area contributed by atoms with E-state index < -0.39 is 0 Å². The van der Waals surface area contributed by atoms with E-state index in [9.17, 15) is 0 Å². The molecule has 1 aromatic heterocycles. The van der Waals surface area contributed by atoms with Crippen LogP contribution in [0.1, 0.15) is 35.4 Å². The van der Waals surface area contributed by atoms with Crippen molar-refractivity contribution in [2.24, 2.45) is 0 Å². The van der Waals surface area contributed by atoms with Gasteiger partial charge in [-0.25, -0.2) is 0 Å². The zero-order valence-electron chi connectivity index (χ0n) is 11.8. The van der Waals surface area contributed by atoms with E-state index in [2.05, 4.69) is 28.7 Å². The summed E-state index contributed by atoms with van der Waals surface area (Å²) in [6, 6.07) is 8.33. The number of aryl methyl sites for hydroxylation is 2. The maximum absolute atomic E-state index is 5.80. The summed E-state index contributed by atoms with van der Waals surface area (Å²) in [5.74, 6) is 1.67. The van der Waals surface area contributed by atoms with Gasteiger partial charge in [-0.2, -0.15) is 0 Å².